The Balaban J connectivity index is 0. The molecule has 4 nitrogen and oxygen atoms in total. The van der Waals surface area contributed by atoms with Gasteiger partial charge in [-0.2, -0.15) is 0 Å². The molecule has 0 saturated carbocycles. The topological polar surface area (TPSA) is 58.2 Å². The predicted octanol–water partition coefficient (Wildman–Crippen LogP) is 3.72. The van der Waals surface area contributed by atoms with Gasteiger partial charge in [0.2, 0.25) is 11.8 Å². The zero-order valence-corrected chi connectivity index (χ0v) is 14.9. The van der Waals surface area contributed by atoms with Gasteiger partial charge in [-0.25, -0.2) is 0 Å². The Bertz CT molecular complexity index is 393. The van der Waals surface area contributed by atoms with E-state index in [1.807, 2.05) is 39.0 Å². The molecule has 1 aliphatic rings. The summed E-state index contributed by atoms with van der Waals surface area (Å²) >= 11 is 0. The van der Waals surface area contributed by atoms with Crippen LogP contribution in [0.25, 0.3) is 0 Å². The summed E-state index contributed by atoms with van der Waals surface area (Å²) in [6.45, 7) is 16.1. The molecule has 4 heteroatoms. The molecular weight excluding hydrogens is 276 g/mol. The van der Waals surface area contributed by atoms with E-state index in [-0.39, 0.29) is 17.9 Å². The first kappa shape index (κ1) is 22.4. The standard InChI is InChI=1S/C12H16N2O2.C4H10.C2H6/c1-3-5-6-9(4-2)13-10-7-8-11(15)14-12(10)16;1-4(2)3;1-2/h3-6,10,13H,2,7-8H2,1H3,(H,14,15,16);4H,1-3H3;1-2H3/b5-3-,9-6+;;. The van der Waals surface area contributed by atoms with Gasteiger partial charge in [0.25, 0.3) is 0 Å². The first-order chi connectivity index (χ1) is 10.4. The summed E-state index contributed by atoms with van der Waals surface area (Å²) < 4.78 is 0. The first-order valence-corrected chi connectivity index (χ1v) is 7.96. The van der Waals surface area contributed by atoms with Crippen molar-refractivity contribution < 1.29 is 9.59 Å². The second kappa shape index (κ2) is 14.1. The van der Waals surface area contributed by atoms with Crippen molar-refractivity contribution in [3.63, 3.8) is 0 Å². The van der Waals surface area contributed by atoms with Gasteiger partial charge in [0.15, 0.2) is 0 Å². The summed E-state index contributed by atoms with van der Waals surface area (Å²) in [5.74, 6) is 0.352. The van der Waals surface area contributed by atoms with Gasteiger partial charge in [0.05, 0.1) is 0 Å². The minimum Gasteiger partial charge on any atom is -0.374 e. The third kappa shape index (κ3) is 11.9. The third-order valence-corrected chi connectivity index (χ3v) is 2.27. The van der Waals surface area contributed by atoms with Crippen molar-refractivity contribution in [2.45, 2.75) is 60.4 Å². The van der Waals surface area contributed by atoms with Gasteiger partial charge in [-0.3, -0.25) is 14.9 Å². The van der Waals surface area contributed by atoms with E-state index in [9.17, 15) is 9.59 Å². The molecule has 2 N–H and O–H groups in total. The summed E-state index contributed by atoms with van der Waals surface area (Å²) in [5, 5.41) is 5.33. The zero-order valence-electron chi connectivity index (χ0n) is 14.9. The van der Waals surface area contributed by atoms with Gasteiger partial charge >= 0.3 is 0 Å². The number of carbonyl (C=O) groups is 2. The van der Waals surface area contributed by atoms with Crippen molar-refractivity contribution in [3.8, 4) is 0 Å². The molecule has 1 fully saturated rings. The smallest absolute Gasteiger partial charge is 0.249 e. The van der Waals surface area contributed by atoms with Crippen LogP contribution in [0.15, 0.2) is 36.6 Å². The lowest BCUT2D eigenvalue weighted by molar-refractivity contribution is -0.134. The van der Waals surface area contributed by atoms with Crippen LogP contribution >= 0.6 is 0 Å². The van der Waals surface area contributed by atoms with Crippen LogP contribution in [-0.4, -0.2) is 17.9 Å². The fourth-order valence-electron chi connectivity index (χ4n) is 1.41. The largest absolute Gasteiger partial charge is 0.374 e. The van der Waals surface area contributed by atoms with E-state index in [2.05, 4.69) is 38.0 Å². The van der Waals surface area contributed by atoms with Crippen LogP contribution in [0.5, 0.6) is 0 Å². The third-order valence-electron chi connectivity index (χ3n) is 2.27. The minimum absolute atomic E-state index is 0.208. The molecule has 22 heavy (non-hydrogen) atoms. The number of hydrogen-bond donors (Lipinski definition) is 2. The fourth-order valence-corrected chi connectivity index (χ4v) is 1.41. The molecule has 1 unspecified atom stereocenters. The maximum atomic E-state index is 11.5. The fraction of sp³-hybridized carbons (Fsp3) is 0.556. The maximum Gasteiger partial charge on any atom is 0.249 e. The van der Waals surface area contributed by atoms with Crippen LogP contribution in [0.1, 0.15) is 54.4 Å². The highest BCUT2D eigenvalue weighted by Gasteiger charge is 2.26. The molecule has 0 bridgehead atoms. The van der Waals surface area contributed by atoms with Crippen LogP contribution in [0, 0.1) is 5.92 Å². The van der Waals surface area contributed by atoms with Gasteiger partial charge in [-0.05, 0) is 31.4 Å². The predicted molar refractivity (Wildman–Crippen MR) is 94.3 cm³/mol. The second-order valence-electron chi connectivity index (χ2n) is 5.23. The van der Waals surface area contributed by atoms with Gasteiger partial charge in [0, 0.05) is 12.1 Å². The molecule has 1 saturated heterocycles. The highest BCUT2D eigenvalue weighted by atomic mass is 16.2. The average molecular weight is 308 g/mol. The monoisotopic (exact) mass is 308 g/mol. The number of allylic oxidation sites excluding steroid dienone is 4. The summed E-state index contributed by atoms with van der Waals surface area (Å²) in [5.41, 5.74) is 0.771. The number of amides is 2. The molecular formula is C18H32N2O2. The molecule has 126 valence electrons. The molecule has 0 radical (unpaired) electrons. The molecule has 0 aromatic rings. The Kier molecular flexibility index (Phi) is 14.4. The van der Waals surface area contributed by atoms with E-state index >= 15 is 0 Å². The summed E-state index contributed by atoms with van der Waals surface area (Å²) in [4.78, 5) is 22.4. The lowest BCUT2D eigenvalue weighted by Crippen LogP contribution is -2.50. The highest BCUT2D eigenvalue weighted by molar-refractivity contribution is 6.00. The summed E-state index contributed by atoms with van der Waals surface area (Å²) in [7, 11) is 0. The quantitative estimate of drug-likeness (QED) is 0.615. The molecule has 1 atom stereocenters. The number of nitrogens with one attached hydrogen (secondary N) is 2. The lowest BCUT2D eigenvalue weighted by Gasteiger charge is -2.23. The molecule has 2 amide bonds. The van der Waals surface area contributed by atoms with Crippen LogP contribution in [-0.2, 0) is 9.59 Å². The van der Waals surface area contributed by atoms with Crippen molar-refractivity contribution in [3.05, 3.63) is 36.6 Å². The molecule has 0 aromatic heterocycles. The van der Waals surface area contributed by atoms with Crippen LogP contribution < -0.4 is 10.6 Å². The molecule has 1 aliphatic heterocycles. The highest BCUT2D eigenvalue weighted by Crippen LogP contribution is 2.06. The van der Waals surface area contributed by atoms with Gasteiger partial charge in [-0.1, -0.05) is 53.3 Å². The number of rotatable bonds is 4. The Hall–Kier alpha value is -1.84. The Morgan fingerprint density at radius 3 is 2.27 bits per heavy atom. The van der Waals surface area contributed by atoms with E-state index in [0.717, 1.165) is 11.6 Å². The molecule has 1 heterocycles. The molecule has 1 rings (SSSR count). The maximum absolute atomic E-state index is 11.5. The minimum atomic E-state index is -0.354. The lowest BCUT2D eigenvalue weighted by atomic mass is 10.1. The van der Waals surface area contributed by atoms with E-state index in [1.165, 1.54) is 0 Å². The second-order valence-corrected chi connectivity index (χ2v) is 5.23. The van der Waals surface area contributed by atoms with Crippen molar-refractivity contribution in [1.82, 2.24) is 10.6 Å². The number of piperidine rings is 1. The summed E-state index contributed by atoms with van der Waals surface area (Å²) in [6.07, 6.45) is 8.11. The van der Waals surface area contributed by atoms with Crippen molar-refractivity contribution >= 4 is 11.8 Å². The normalized spacial score (nSPS) is 18.0. The van der Waals surface area contributed by atoms with Crippen LogP contribution in [0.3, 0.4) is 0 Å². The molecule has 0 aromatic carbocycles. The van der Waals surface area contributed by atoms with Crippen molar-refractivity contribution in [2.24, 2.45) is 5.92 Å². The van der Waals surface area contributed by atoms with E-state index in [4.69, 9.17) is 0 Å². The van der Waals surface area contributed by atoms with Gasteiger partial charge in [-0.15, -0.1) is 0 Å². The van der Waals surface area contributed by atoms with Crippen LogP contribution in [0.4, 0.5) is 0 Å². The van der Waals surface area contributed by atoms with Crippen molar-refractivity contribution in [2.75, 3.05) is 0 Å². The number of carbonyl (C=O) groups excluding carboxylic acids is 2. The molecule has 0 aliphatic carbocycles. The first-order valence-electron chi connectivity index (χ1n) is 7.96. The zero-order chi connectivity index (χ0) is 17.5. The average Bonchev–Trinajstić information content (AvgIpc) is 2.47. The van der Waals surface area contributed by atoms with E-state index in [1.54, 1.807) is 6.08 Å². The number of imide groups is 1. The van der Waals surface area contributed by atoms with Crippen LogP contribution in [0.2, 0.25) is 0 Å². The Morgan fingerprint density at radius 1 is 1.32 bits per heavy atom. The Labute approximate surface area is 135 Å². The van der Waals surface area contributed by atoms with E-state index in [0.29, 0.717) is 12.8 Å². The Morgan fingerprint density at radius 2 is 1.86 bits per heavy atom. The van der Waals surface area contributed by atoms with Crippen molar-refractivity contribution in [1.29, 1.82) is 0 Å². The number of hydrogen-bond acceptors (Lipinski definition) is 3. The van der Waals surface area contributed by atoms with Gasteiger partial charge in [0.1, 0.15) is 6.04 Å². The van der Waals surface area contributed by atoms with E-state index < -0.39 is 0 Å². The summed E-state index contributed by atoms with van der Waals surface area (Å²) in [6, 6.07) is -0.354. The molecule has 0 spiro atoms. The van der Waals surface area contributed by atoms with Gasteiger partial charge < -0.3 is 5.32 Å². The SMILES string of the molecule is C=C/C(=C\C=C/C)NC1CCC(=O)NC1=O.CC.CC(C)C.